The fourth-order valence-corrected chi connectivity index (χ4v) is 0.972. The minimum Gasteiger partial charge on any atom is -0.423 e. The summed E-state index contributed by atoms with van der Waals surface area (Å²) >= 11 is 5.75. The van der Waals surface area contributed by atoms with Crippen molar-refractivity contribution in [3.8, 4) is 5.75 Å². The molecule has 4 heteroatoms. The molecule has 0 aliphatic carbocycles. The Morgan fingerprint density at radius 1 is 1.46 bits per heavy atom. The standard InChI is InChI=1S/C9H9ClO3/c1-12-6-9(11)13-8-5-3-2-4-7(8)10/h2-5H,6H2,1H3. The molecule has 0 amide bonds. The van der Waals surface area contributed by atoms with Gasteiger partial charge in [0.15, 0.2) is 0 Å². The van der Waals surface area contributed by atoms with E-state index in [-0.39, 0.29) is 6.61 Å². The summed E-state index contributed by atoms with van der Waals surface area (Å²) in [5.74, 6) is -0.109. The Hall–Kier alpha value is -1.06. The number of rotatable bonds is 3. The van der Waals surface area contributed by atoms with Gasteiger partial charge in [0, 0.05) is 7.11 Å². The van der Waals surface area contributed by atoms with Crippen molar-refractivity contribution in [1.82, 2.24) is 0 Å². The summed E-state index contributed by atoms with van der Waals surface area (Å²) in [5, 5.41) is 0.409. The number of benzene rings is 1. The van der Waals surface area contributed by atoms with Gasteiger partial charge in [-0.2, -0.15) is 0 Å². The van der Waals surface area contributed by atoms with Crippen LogP contribution in [-0.2, 0) is 9.53 Å². The minimum atomic E-state index is -0.462. The lowest BCUT2D eigenvalue weighted by Crippen LogP contribution is -2.14. The van der Waals surface area contributed by atoms with Crippen molar-refractivity contribution in [2.45, 2.75) is 0 Å². The van der Waals surface area contributed by atoms with Gasteiger partial charge in [-0.3, -0.25) is 0 Å². The predicted octanol–water partition coefficient (Wildman–Crippen LogP) is 1.89. The number of hydrogen-bond acceptors (Lipinski definition) is 3. The normalized spacial score (nSPS) is 9.69. The van der Waals surface area contributed by atoms with Crippen molar-refractivity contribution in [1.29, 1.82) is 0 Å². The molecule has 13 heavy (non-hydrogen) atoms. The molecule has 0 fully saturated rings. The summed E-state index contributed by atoms with van der Waals surface area (Å²) in [5.41, 5.74) is 0. The van der Waals surface area contributed by atoms with Crippen molar-refractivity contribution in [2.75, 3.05) is 13.7 Å². The molecule has 0 saturated heterocycles. The Balaban J connectivity index is 2.63. The monoisotopic (exact) mass is 200 g/mol. The van der Waals surface area contributed by atoms with E-state index in [1.165, 1.54) is 7.11 Å². The molecule has 0 atom stereocenters. The third kappa shape index (κ3) is 3.05. The van der Waals surface area contributed by atoms with E-state index in [1.54, 1.807) is 24.3 Å². The second-order valence-electron chi connectivity index (χ2n) is 2.34. The Bertz CT molecular complexity index is 299. The number of carbonyl (C=O) groups is 1. The van der Waals surface area contributed by atoms with Crippen LogP contribution < -0.4 is 4.74 Å². The number of ether oxygens (including phenoxy) is 2. The van der Waals surface area contributed by atoms with Crippen LogP contribution in [0.2, 0.25) is 5.02 Å². The minimum absolute atomic E-state index is 0.0782. The van der Waals surface area contributed by atoms with Gasteiger partial charge in [-0.25, -0.2) is 4.79 Å². The lowest BCUT2D eigenvalue weighted by atomic mass is 10.3. The summed E-state index contributed by atoms with van der Waals surface area (Å²) in [6, 6.07) is 6.77. The van der Waals surface area contributed by atoms with Crippen molar-refractivity contribution in [3.05, 3.63) is 29.3 Å². The molecule has 0 aliphatic rings. The van der Waals surface area contributed by atoms with Crippen LogP contribution in [0.15, 0.2) is 24.3 Å². The summed E-state index contributed by atoms with van der Waals surface area (Å²) in [6.07, 6.45) is 0. The number of halogens is 1. The highest BCUT2D eigenvalue weighted by molar-refractivity contribution is 6.32. The summed E-state index contributed by atoms with van der Waals surface area (Å²) in [7, 11) is 1.42. The lowest BCUT2D eigenvalue weighted by Gasteiger charge is -2.04. The van der Waals surface area contributed by atoms with Crippen molar-refractivity contribution >= 4 is 17.6 Å². The third-order valence-corrected chi connectivity index (χ3v) is 1.63. The van der Waals surface area contributed by atoms with Crippen LogP contribution >= 0.6 is 11.6 Å². The van der Waals surface area contributed by atoms with Crippen LogP contribution in [0.5, 0.6) is 5.75 Å². The zero-order valence-electron chi connectivity index (χ0n) is 7.12. The predicted molar refractivity (Wildman–Crippen MR) is 49.0 cm³/mol. The molecule has 0 N–H and O–H groups in total. The Labute approximate surface area is 81.2 Å². The Morgan fingerprint density at radius 3 is 2.77 bits per heavy atom. The second kappa shape index (κ2) is 4.84. The fourth-order valence-electron chi connectivity index (χ4n) is 0.797. The summed E-state index contributed by atoms with van der Waals surface area (Å²) in [6.45, 7) is -0.0782. The van der Waals surface area contributed by atoms with Gasteiger partial charge in [-0.15, -0.1) is 0 Å². The number of methoxy groups -OCH3 is 1. The van der Waals surface area contributed by atoms with E-state index >= 15 is 0 Å². The second-order valence-corrected chi connectivity index (χ2v) is 2.74. The van der Waals surface area contributed by atoms with Gasteiger partial charge in [0.05, 0.1) is 5.02 Å². The highest BCUT2D eigenvalue weighted by Crippen LogP contribution is 2.22. The highest BCUT2D eigenvalue weighted by Gasteiger charge is 2.06. The molecule has 0 aromatic heterocycles. The maximum Gasteiger partial charge on any atom is 0.337 e. The van der Waals surface area contributed by atoms with E-state index in [0.29, 0.717) is 10.8 Å². The zero-order valence-corrected chi connectivity index (χ0v) is 7.88. The molecule has 3 nitrogen and oxygen atoms in total. The van der Waals surface area contributed by atoms with Gasteiger partial charge in [0.1, 0.15) is 12.4 Å². The average Bonchev–Trinajstić information content (AvgIpc) is 2.09. The number of para-hydroxylation sites is 1. The van der Waals surface area contributed by atoms with E-state index in [9.17, 15) is 4.79 Å². The lowest BCUT2D eigenvalue weighted by molar-refractivity contribution is -0.138. The highest BCUT2D eigenvalue weighted by atomic mass is 35.5. The summed E-state index contributed by atoms with van der Waals surface area (Å²) < 4.78 is 9.49. The maximum atomic E-state index is 11.0. The maximum absolute atomic E-state index is 11.0. The zero-order chi connectivity index (χ0) is 9.68. The van der Waals surface area contributed by atoms with E-state index in [2.05, 4.69) is 4.74 Å². The van der Waals surface area contributed by atoms with Crippen LogP contribution in [0.3, 0.4) is 0 Å². The Kier molecular flexibility index (Phi) is 3.73. The quantitative estimate of drug-likeness (QED) is 0.552. The summed E-state index contributed by atoms with van der Waals surface area (Å²) in [4.78, 5) is 11.0. The number of esters is 1. The van der Waals surface area contributed by atoms with Crippen molar-refractivity contribution in [2.24, 2.45) is 0 Å². The van der Waals surface area contributed by atoms with E-state index in [1.807, 2.05) is 0 Å². The number of carbonyl (C=O) groups excluding carboxylic acids is 1. The van der Waals surface area contributed by atoms with Crippen LogP contribution in [0, 0.1) is 0 Å². The molecule has 70 valence electrons. The van der Waals surface area contributed by atoms with Gasteiger partial charge >= 0.3 is 5.97 Å². The third-order valence-electron chi connectivity index (χ3n) is 1.32. The topological polar surface area (TPSA) is 35.5 Å². The van der Waals surface area contributed by atoms with E-state index < -0.39 is 5.97 Å². The number of hydrogen-bond donors (Lipinski definition) is 0. The van der Waals surface area contributed by atoms with E-state index in [0.717, 1.165) is 0 Å². The van der Waals surface area contributed by atoms with Crippen LogP contribution in [0.4, 0.5) is 0 Å². The molecule has 1 rings (SSSR count). The molecular weight excluding hydrogens is 192 g/mol. The van der Waals surface area contributed by atoms with Gasteiger partial charge in [-0.1, -0.05) is 23.7 Å². The van der Waals surface area contributed by atoms with Crippen LogP contribution in [-0.4, -0.2) is 19.7 Å². The smallest absolute Gasteiger partial charge is 0.337 e. The van der Waals surface area contributed by atoms with Crippen LogP contribution in [0.25, 0.3) is 0 Å². The molecule has 0 bridgehead atoms. The first-order chi connectivity index (χ1) is 6.24. The van der Waals surface area contributed by atoms with Gasteiger partial charge in [0.25, 0.3) is 0 Å². The van der Waals surface area contributed by atoms with Gasteiger partial charge in [0.2, 0.25) is 0 Å². The fraction of sp³-hybridized carbons (Fsp3) is 0.222. The first-order valence-corrected chi connectivity index (χ1v) is 4.06. The molecule has 1 aromatic carbocycles. The molecule has 0 radical (unpaired) electrons. The molecule has 1 aromatic rings. The molecular formula is C9H9ClO3. The molecule has 0 saturated carbocycles. The first kappa shape index (κ1) is 10.0. The average molecular weight is 201 g/mol. The van der Waals surface area contributed by atoms with Crippen molar-refractivity contribution in [3.63, 3.8) is 0 Å². The van der Waals surface area contributed by atoms with Crippen LogP contribution in [0.1, 0.15) is 0 Å². The SMILES string of the molecule is COCC(=O)Oc1ccccc1Cl. The Morgan fingerprint density at radius 2 is 2.15 bits per heavy atom. The molecule has 0 heterocycles. The first-order valence-electron chi connectivity index (χ1n) is 3.68. The van der Waals surface area contributed by atoms with Gasteiger partial charge in [-0.05, 0) is 12.1 Å². The van der Waals surface area contributed by atoms with E-state index in [4.69, 9.17) is 16.3 Å². The largest absolute Gasteiger partial charge is 0.423 e. The molecule has 0 unspecified atom stereocenters. The molecule has 0 aliphatic heterocycles. The molecule has 0 spiro atoms. The van der Waals surface area contributed by atoms with Crippen molar-refractivity contribution < 1.29 is 14.3 Å². The van der Waals surface area contributed by atoms with Gasteiger partial charge < -0.3 is 9.47 Å².